The van der Waals surface area contributed by atoms with Crippen molar-refractivity contribution in [3.05, 3.63) is 48.3 Å². The van der Waals surface area contributed by atoms with Crippen LogP contribution in [0.25, 0.3) is 11.2 Å². The first-order chi connectivity index (χ1) is 18.1. The van der Waals surface area contributed by atoms with Gasteiger partial charge in [0.25, 0.3) is 8.18 Å². The Labute approximate surface area is 219 Å². The number of methoxy groups -OCH3 is 1. The van der Waals surface area contributed by atoms with E-state index < -0.39 is 44.6 Å². The molecule has 0 spiro atoms. The molecule has 0 saturated carbocycles. The summed E-state index contributed by atoms with van der Waals surface area (Å²) >= 11 is 0. The van der Waals surface area contributed by atoms with Gasteiger partial charge in [-0.3, -0.25) is 9.36 Å². The molecule has 1 aromatic carbocycles. The lowest BCUT2D eigenvalue weighted by atomic mass is 9.98. The third kappa shape index (κ3) is 7.12. The Kier molecular flexibility index (Phi) is 9.90. The van der Waals surface area contributed by atoms with Crippen molar-refractivity contribution >= 4 is 31.1 Å². The fraction of sp³-hybridized carbons (Fsp3) is 0.417. The van der Waals surface area contributed by atoms with Gasteiger partial charge in [-0.05, 0) is 25.8 Å². The molecule has 3 rings (SSSR count). The summed E-state index contributed by atoms with van der Waals surface area (Å²) in [6.45, 7) is 2.67. The molecule has 12 nitrogen and oxygen atoms in total. The van der Waals surface area contributed by atoms with Crippen LogP contribution < -0.4 is 10.8 Å². The van der Waals surface area contributed by atoms with Gasteiger partial charge in [0.05, 0.1) is 25.6 Å². The van der Waals surface area contributed by atoms with Gasteiger partial charge in [0.1, 0.15) is 17.7 Å². The molecule has 4 N–H and O–H groups in total. The van der Waals surface area contributed by atoms with Crippen molar-refractivity contribution < 1.29 is 32.9 Å². The van der Waals surface area contributed by atoms with E-state index in [0.717, 1.165) is 5.56 Å². The molecule has 0 aliphatic rings. The number of nitrogens with zero attached hydrogens (tertiary/aromatic N) is 4. The molecule has 1 unspecified atom stereocenters. The minimum Gasteiger partial charge on any atom is -0.462 e. The first kappa shape index (κ1) is 29.2. The maximum atomic E-state index is 13.7. The molecule has 0 radical (unpaired) electrons. The van der Waals surface area contributed by atoms with Crippen LogP contribution in [0.1, 0.15) is 19.4 Å². The maximum absolute atomic E-state index is 13.7. The van der Waals surface area contributed by atoms with Gasteiger partial charge < -0.3 is 29.4 Å². The number of hydrogen-bond acceptors (Lipinski definition) is 10. The number of aliphatic hydroxyl groups excluding tert-OH is 1. The zero-order valence-corrected chi connectivity index (χ0v) is 22.1. The summed E-state index contributed by atoms with van der Waals surface area (Å²) in [7, 11) is -1.82. The SMILES string of the molecule is C#C[C@](CO[PH](=O)N[C@@H](Cc1ccccc1)C(=O)OC(C)C)(OC)[C@@H](O)Cn1cnc2c(N)nc(F)nc21. The summed E-state index contributed by atoms with van der Waals surface area (Å²) in [6.07, 6.45) is 4.29. The summed E-state index contributed by atoms with van der Waals surface area (Å²) in [4.78, 5) is 23.8. The Morgan fingerprint density at radius 1 is 1.34 bits per heavy atom. The molecule has 204 valence electrons. The number of imidazole rings is 1. The third-order valence-corrected chi connectivity index (χ3v) is 6.60. The highest BCUT2D eigenvalue weighted by Gasteiger charge is 2.38. The lowest BCUT2D eigenvalue weighted by Gasteiger charge is -2.32. The van der Waals surface area contributed by atoms with Gasteiger partial charge in [-0.15, -0.1) is 6.42 Å². The number of aliphatic hydroxyl groups is 1. The molecule has 14 heteroatoms. The number of terminal acetylenes is 1. The van der Waals surface area contributed by atoms with E-state index in [1.165, 1.54) is 18.0 Å². The van der Waals surface area contributed by atoms with Crippen molar-refractivity contribution in [2.24, 2.45) is 0 Å². The molecule has 4 atom stereocenters. The molecule has 0 aliphatic carbocycles. The van der Waals surface area contributed by atoms with Crippen molar-refractivity contribution in [1.82, 2.24) is 24.6 Å². The number of halogens is 1. The quantitative estimate of drug-likeness (QED) is 0.123. The maximum Gasteiger partial charge on any atom is 0.324 e. The zero-order chi connectivity index (χ0) is 27.9. The van der Waals surface area contributed by atoms with Crippen LogP contribution in [0, 0.1) is 18.4 Å². The number of benzene rings is 1. The Morgan fingerprint density at radius 2 is 2.05 bits per heavy atom. The van der Waals surface area contributed by atoms with Crippen molar-refractivity contribution in [3.63, 3.8) is 0 Å². The average molecular weight is 549 g/mol. The highest BCUT2D eigenvalue weighted by Crippen LogP contribution is 2.27. The summed E-state index contributed by atoms with van der Waals surface area (Å²) in [5.74, 6) is 1.58. The normalized spacial score (nSPS) is 15.5. The second kappa shape index (κ2) is 12.9. The standard InChI is InChI=1S/C24H30FN6O6P/c1-5-24(35-4,18(32)12-31-14-27-19-20(26)28-23(25)29-21(19)31)13-36-38(34)30-17(22(33)37-15(2)3)11-16-9-7-6-8-10-16/h1,6-10,14-15,17-18,32,38H,11-13H2,2-4H3,(H,30,34)(H2,26,28,29)/t17-,18-,24+/m0/s1. The Bertz CT molecular complexity index is 1320. The molecule has 3 aromatic rings. The highest BCUT2D eigenvalue weighted by atomic mass is 31.1. The number of anilines is 1. The fourth-order valence-electron chi connectivity index (χ4n) is 3.61. The van der Waals surface area contributed by atoms with E-state index in [1.807, 2.05) is 30.3 Å². The first-order valence-electron chi connectivity index (χ1n) is 11.6. The van der Waals surface area contributed by atoms with Crippen LogP contribution in [0.15, 0.2) is 36.7 Å². The lowest BCUT2D eigenvalue weighted by molar-refractivity contribution is -0.149. The van der Waals surface area contributed by atoms with E-state index in [4.69, 9.17) is 26.2 Å². The Balaban J connectivity index is 1.71. The summed E-state index contributed by atoms with van der Waals surface area (Å²) in [6, 6.07) is 8.16. The number of esters is 1. The zero-order valence-electron chi connectivity index (χ0n) is 21.1. The Hall–Kier alpha value is -3.40. The highest BCUT2D eigenvalue weighted by molar-refractivity contribution is 7.36. The predicted octanol–water partition coefficient (Wildman–Crippen LogP) is 1.49. The van der Waals surface area contributed by atoms with Crippen LogP contribution >= 0.6 is 8.18 Å². The molecule has 2 aromatic heterocycles. The topological polar surface area (TPSA) is 164 Å². The van der Waals surface area contributed by atoms with Gasteiger partial charge in [0.15, 0.2) is 17.1 Å². The van der Waals surface area contributed by atoms with Crippen LogP contribution in [0.3, 0.4) is 0 Å². The van der Waals surface area contributed by atoms with Gasteiger partial charge in [-0.1, -0.05) is 36.3 Å². The number of carbonyl (C=O) groups excluding carboxylic acids is 1. The van der Waals surface area contributed by atoms with Crippen LogP contribution in [-0.2, 0) is 36.3 Å². The van der Waals surface area contributed by atoms with Crippen LogP contribution in [-0.4, -0.2) is 68.2 Å². The number of nitrogens with one attached hydrogen (secondary N) is 1. The molecule has 38 heavy (non-hydrogen) atoms. The van der Waals surface area contributed by atoms with Gasteiger partial charge in [0, 0.05) is 7.11 Å². The van der Waals surface area contributed by atoms with E-state index in [0.29, 0.717) is 0 Å². The van der Waals surface area contributed by atoms with Crippen LogP contribution in [0.4, 0.5) is 10.2 Å². The van der Waals surface area contributed by atoms with E-state index >= 15 is 0 Å². The fourth-order valence-corrected chi connectivity index (χ4v) is 4.54. The summed E-state index contributed by atoms with van der Waals surface area (Å²) in [5.41, 5.74) is 4.92. The summed E-state index contributed by atoms with van der Waals surface area (Å²) < 4.78 is 44.0. The van der Waals surface area contributed by atoms with Crippen LogP contribution in [0.2, 0.25) is 0 Å². The minimum absolute atomic E-state index is 0.0413. The summed E-state index contributed by atoms with van der Waals surface area (Å²) in [5, 5.41) is 13.6. The number of aromatic nitrogens is 4. The van der Waals surface area contributed by atoms with Crippen molar-refractivity contribution in [3.8, 4) is 12.3 Å². The average Bonchev–Trinajstić information content (AvgIpc) is 3.27. The van der Waals surface area contributed by atoms with E-state index in [2.05, 4.69) is 26.0 Å². The predicted molar refractivity (Wildman–Crippen MR) is 138 cm³/mol. The number of ether oxygens (including phenoxy) is 2. The molecule has 0 amide bonds. The number of fused-ring (bicyclic) bond motifs is 1. The van der Waals surface area contributed by atoms with Gasteiger partial charge in [-0.2, -0.15) is 14.4 Å². The van der Waals surface area contributed by atoms with Crippen molar-refractivity contribution in [1.29, 1.82) is 0 Å². The molecule has 0 aliphatic heterocycles. The molecule has 0 bridgehead atoms. The monoisotopic (exact) mass is 548 g/mol. The minimum atomic E-state index is -3.07. The largest absolute Gasteiger partial charge is 0.462 e. The van der Waals surface area contributed by atoms with Crippen LogP contribution in [0.5, 0.6) is 0 Å². The molecular weight excluding hydrogens is 518 g/mol. The molecule has 2 heterocycles. The van der Waals surface area contributed by atoms with Crippen molar-refractivity contribution in [2.75, 3.05) is 19.5 Å². The third-order valence-electron chi connectivity index (χ3n) is 5.61. The lowest BCUT2D eigenvalue weighted by Crippen LogP contribution is -2.49. The second-order valence-corrected chi connectivity index (χ2v) is 9.80. The smallest absolute Gasteiger partial charge is 0.324 e. The van der Waals surface area contributed by atoms with E-state index in [-0.39, 0.29) is 36.1 Å². The van der Waals surface area contributed by atoms with Gasteiger partial charge in [0.2, 0.25) is 0 Å². The Morgan fingerprint density at radius 3 is 2.68 bits per heavy atom. The first-order valence-corrected chi connectivity index (χ1v) is 12.9. The number of nitrogens with two attached hydrogens (primary N) is 1. The number of hydrogen-bond donors (Lipinski definition) is 3. The second-order valence-electron chi connectivity index (χ2n) is 8.65. The molecule has 0 fully saturated rings. The van der Waals surface area contributed by atoms with Crippen molar-refractivity contribution in [2.45, 2.75) is 50.7 Å². The van der Waals surface area contributed by atoms with E-state index in [1.54, 1.807) is 13.8 Å². The number of carbonyl (C=O) groups is 1. The van der Waals surface area contributed by atoms with Gasteiger partial charge in [-0.25, -0.2) is 10.1 Å². The van der Waals surface area contributed by atoms with E-state index in [9.17, 15) is 18.9 Å². The van der Waals surface area contributed by atoms with Gasteiger partial charge >= 0.3 is 12.0 Å². The number of nitrogen functional groups attached to an aromatic ring is 1. The molecule has 0 saturated heterocycles. The molecular formula is C24H30FN6O6P. The number of rotatable bonds is 13.